The number of hydrogen-bond donors (Lipinski definition) is 2. The van der Waals surface area contributed by atoms with Crippen LogP contribution >= 0.6 is 11.5 Å². The largest absolute Gasteiger partial charge is 0.452 e. The summed E-state index contributed by atoms with van der Waals surface area (Å²) in [6.07, 6.45) is -4.55. The van der Waals surface area contributed by atoms with Crippen molar-refractivity contribution in [3.05, 3.63) is 5.82 Å². The van der Waals surface area contributed by atoms with Crippen LogP contribution in [0.4, 0.5) is 18.3 Å². The van der Waals surface area contributed by atoms with E-state index in [4.69, 9.17) is 10.9 Å². The molecule has 0 spiro atoms. The van der Waals surface area contributed by atoms with Gasteiger partial charge in [-0.3, -0.25) is 0 Å². The van der Waals surface area contributed by atoms with E-state index in [2.05, 4.69) is 14.5 Å². The van der Waals surface area contributed by atoms with Gasteiger partial charge in [0.15, 0.2) is 0 Å². The van der Waals surface area contributed by atoms with E-state index in [1.54, 1.807) is 18.7 Å². The van der Waals surface area contributed by atoms with E-state index in [0.717, 1.165) is 0 Å². The quantitative estimate of drug-likeness (QED) is 0.374. The maximum atomic E-state index is 12.4. The second-order valence-electron chi connectivity index (χ2n) is 3.86. The number of aromatic nitrogens is 2. The zero-order valence-corrected chi connectivity index (χ0v) is 11.2. The highest BCUT2D eigenvalue weighted by atomic mass is 32.1. The monoisotopic (exact) mass is 297 g/mol. The van der Waals surface area contributed by atoms with Gasteiger partial charge >= 0.3 is 6.18 Å². The first kappa shape index (κ1) is 15.5. The lowest BCUT2D eigenvalue weighted by Crippen LogP contribution is -2.35. The first-order chi connectivity index (χ1) is 8.79. The predicted octanol–water partition coefficient (Wildman–Crippen LogP) is 1.77. The van der Waals surface area contributed by atoms with E-state index < -0.39 is 12.0 Å². The maximum absolute atomic E-state index is 12.4. The van der Waals surface area contributed by atoms with Crippen LogP contribution in [0.2, 0.25) is 0 Å². The molecule has 0 aromatic carbocycles. The highest BCUT2D eigenvalue weighted by Crippen LogP contribution is 2.30. The van der Waals surface area contributed by atoms with Crippen LogP contribution in [-0.2, 0) is 6.18 Å². The van der Waals surface area contributed by atoms with Crippen molar-refractivity contribution in [3.63, 3.8) is 0 Å². The number of oxime groups is 1. The van der Waals surface area contributed by atoms with E-state index in [9.17, 15) is 13.2 Å². The molecule has 0 amide bonds. The molecule has 19 heavy (non-hydrogen) atoms. The number of nitrogens with zero attached hydrogens (tertiary/aromatic N) is 4. The molecule has 1 atom stereocenters. The molecule has 3 N–H and O–H groups in total. The molecule has 1 aromatic heterocycles. The van der Waals surface area contributed by atoms with Crippen molar-refractivity contribution >= 4 is 22.5 Å². The Labute approximate surface area is 111 Å². The maximum Gasteiger partial charge on any atom is 0.452 e. The first-order valence-electron chi connectivity index (χ1n) is 5.42. The third-order valence-corrected chi connectivity index (χ3v) is 3.21. The molecule has 0 aliphatic heterocycles. The van der Waals surface area contributed by atoms with Crippen LogP contribution in [0.25, 0.3) is 0 Å². The standard InChI is InChI=1S/C9H14F3N5OS/c1-3-17(4-5(2)6(13)15-18)8-14-7(16-19-8)9(10,11)12/h5,18H,3-4H2,1-2H3,(H2,13,15). The van der Waals surface area contributed by atoms with Crippen LogP contribution in [0.15, 0.2) is 5.16 Å². The molecule has 1 rings (SSSR count). The van der Waals surface area contributed by atoms with Crippen LogP contribution in [0.1, 0.15) is 19.7 Å². The minimum absolute atomic E-state index is 0.0130. The average Bonchev–Trinajstić information content (AvgIpc) is 2.83. The van der Waals surface area contributed by atoms with Gasteiger partial charge in [0.2, 0.25) is 11.0 Å². The Bertz CT molecular complexity index is 447. The molecule has 0 aliphatic carbocycles. The van der Waals surface area contributed by atoms with Gasteiger partial charge in [0.05, 0.1) is 0 Å². The van der Waals surface area contributed by atoms with Crippen molar-refractivity contribution in [1.29, 1.82) is 0 Å². The SMILES string of the molecule is CCN(CC(C)C(N)=NO)c1nc(C(F)(F)F)ns1. The fourth-order valence-electron chi connectivity index (χ4n) is 1.32. The number of anilines is 1. The van der Waals surface area contributed by atoms with E-state index in [1.165, 1.54) is 0 Å². The average molecular weight is 297 g/mol. The molecule has 1 heterocycles. The Morgan fingerprint density at radius 2 is 2.21 bits per heavy atom. The van der Waals surface area contributed by atoms with Gasteiger partial charge in [-0.05, 0) is 6.92 Å². The molecular formula is C9H14F3N5OS. The van der Waals surface area contributed by atoms with E-state index in [0.29, 0.717) is 24.6 Å². The molecule has 108 valence electrons. The van der Waals surface area contributed by atoms with Crippen molar-refractivity contribution < 1.29 is 18.4 Å². The summed E-state index contributed by atoms with van der Waals surface area (Å²) in [5, 5.41) is 11.6. The molecule has 0 saturated heterocycles. The smallest absolute Gasteiger partial charge is 0.409 e. The number of hydrogen-bond acceptors (Lipinski definition) is 6. The van der Waals surface area contributed by atoms with E-state index >= 15 is 0 Å². The van der Waals surface area contributed by atoms with Gasteiger partial charge in [0, 0.05) is 30.5 Å². The summed E-state index contributed by atoms with van der Waals surface area (Å²) in [6, 6.07) is 0. The van der Waals surface area contributed by atoms with Crippen molar-refractivity contribution in [3.8, 4) is 0 Å². The Kier molecular flexibility index (Phi) is 4.92. The Balaban J connectivity index is 2.84. The number of halogens is 3. The molecule has 0 aliphatic rings. The van der Waals surface area contributed by atoms with Gasteiger partial charge in [-0.2, -0.15) is 22.5 Å². The van der Waals surface area contributed by atoms with Crippen LogP contribution < -0.4 is 10.6 Å². The highest BCUT2D eigenvalue weighted by molar-refractivity contribution is 7.09. The van der Waals surface area contributed by atoms with Gasteiger partial charge in [-0.25, -0.2) is 0 Å². The third-order valence-electron chi connectivity index (χ3n) is 2.44. The zero-order chi connectivity index (χ0) is 14.6. The second kappa shape index (κ2) is 6.04. The van der Waals surface area contributed by atoms with Crippen molar-refractivity contribution in [2.45, 2.75) is 20.0 Å². The molecule has 0 saturated carbocycles. The van der Waals surface area contributed by atoms with Gasteiger partial charge in [0.25, 0.3) is 0 Å². The molecule has 0 radical (unpaired) electrons. The molecule has 1 unspecified atom stereocenters. The van der Waals surface area contributed by atoms with Crippen LogP contribution in [-0.4, -0.2) is 33.5 Å². The summed E-state index contributed by atoms with van der Waals surface area (Å²) >= 11 is 0.672. The normalized spacial score (nSPS) is 14.5. The van der Waals surface area contributed by atoms with Gasteiger partial charge in [-0.15, -0.1) is 0 Å². The van der Waals surface area contributed by atoms with Gasteiger partial charge in [-0.1, -0.05) is 12.1 Å². The number of amidine groups is 1. The van der Waals surface area contributed by atoms with Crippen LogP contribution in [0, 0.1) is 5.92 Å². The molecule has 6 nitrogen and oxygen atoms in total. The Morgan fingerprint density at radius 3 is 2.63 bits per heavy atom. The van der Waals surface area contributed by atoms with E-state index in [1.807, 2.05) is 0 Å². The lowest BCUT2D eigenvalue weighted by molar-refractivity contribution is -0.144. The molecule has 0 bridgehead atoms. The van der Waals surface area contributed by atoms with Crippen molar-refractivity contribution in [2.75, 3.05) is 18.0 Å². The predicted molar refractivity (Wildman–Crippen MR) is 65.4 cm³/mol. The van der Waals surface area contributed by atoms with Crippen LogP contribution in [0.5, 0.6) is 0 Å². The zero-order valence-electron chi connectivity index (χ0n) is 10.3. The fraction of sp³-hybridized carbons (Fsp3) is 0.667. The minimum Gasteiger partial charge on any atom is -0.409 e. The summed E-state index contributed by atoms with van der Waals surface area (Å²) in [7, 11) is 0. The van der Waals surface area contributed by atoms with Crippen molar-refractivity contribution in [1.82, 2.24) is 9.36 Å². The summed E-state index contributed by atoms with van der Waals surface area (Å²) in [4.78, 5) is 5.05. The Hall–Kier alpha value is -1.58. The molecule has 0 fully saturated rings. The summed E-state index contributed by atoms with van der Waals surface area (Å²) < 4.78 is 40.5. The number of alkyl halides is 3. The third kappa shape index (κ3) is 3.94. The molecule has 1 aromatic rings. The first-order valence-corrected chi connectivity index (χ1v) is 6.20. The lowest BCUT2D eigenvalue weighted by atomic mass is 10.1. The lowest BCUT2D eigenvalue weighted by Gasteiger charge is -2.22. The van der Waals surface area contributed by atoms with E-state index in [-0.39, 0.29) is 16.9 Å². The highest BCUT2D eigenvalue weighted by Gasteiger charge is 2.36. The van der Waals surface area contributed by atoms with Gasteiger partial charge < -0.3 is 15.8 Å². The Morgan fingerprint density at radius 1 is 1.58 bits per heavy atom. The summed E-state index contributed by atoms with van der Waals surface area (Å²) in [5.74, 6) is -1.45. The van der Waals surface area contributed by atoms with Crippen LogP contribution in [0.3, 0.4) is 0 Å². The minimum atomic E-state index is -4.55. The van der Waals surface area contributed by atoms with Gasteiger partial charge in [0.1, 0.15) is 5.84 Å². The number of nitrogens with two attached hydrogens (primary N) is 1. The summed E-state index contributed by atoms with van der Waals surface area (Å²) in [5.41, 5.74) is 5.43. The number of rotatable bonds is 5. The topological polar surface area (TPSA) is 87.6 Å². The second-order valence-corrected chi connectivity index (χ2v) is 4.59. The van der Waals surface area contributed by atoms with Crippen molar-refractivity contribution in [2.24, 2.45) is 16.8 Å². The molecule has 10 heteroatoms. The fourth-order valence-corrected chi connectivity index (χ4v) is 2.08. The molecular weight excluding hydrogens is 283 g/mol. The summed E-state index contributed by atoms with van der Waals surface area (Å²) in [6.45, 7) is 4.20.